The number of ketones is 1. The van der Waals surface area contributed by atoms with Crippen LogP contribution in [-0.4, -0.2) is 21.1 Å². The minimum atomic E-state index is -0.431. The zero-order valence-electron chi connectivity index (χ0n) is 17.1. The number of phenols is 3. The van der Waals surface area contributed by atoms with Gasteiger partial charge in [-0.1, -0.05) is 53.6 Å². The third-order valence-electron chi connectivity index (χ3n) is 5.78. The van der Waals surface area contributed by atoms with Crippen LogP contribution in [0.3, 0.4) is 0 Å². The number of carbonyl (C=O) groups is 1. The molecule has 2 aromatic carbocycles. The summed E-state index contributed by atoms with van der Waals surface area (Å²) in [5.41, 5.74) is 3.27. The van der Waals surface area contributed by atoms with Gasteiger partial charge in [-0.3, -0.25) is 4.79 Å². The molecule has 29 heavy (non-hydrogen) atoms. The number of carbonyl (C=O) groups excluding carboxylic acids is 1. The molecule has 1 unspecified atom stereocenters. The van der Waals surface area contributed by atoms with Crippen molar-refractivity contribution in [3.8, 4) is 17.2 Å². The average molecular weight is 392 g/mol. The van der Waals surface area contributed by atoms with Crippen LogP contribution in [0.15, 0.2) is 65.8 Å². The largest absolute Gasteiger partial charge is 0.508 e. The molecule has 0 fully saturated rings. The van der Waals surface area contributed by atoms with Crippen molar-refractivity contribution < 1.29 is 20.1 Å². The Bertz CT molecular complexity index is 929. The van der Waals surface area contributed by atoms with Gasteiger partial charge in [0, 0.05) is 18.1 Å². The average Bonchev–Trinajstić information content (AvgIpc) is 2.66. The molecule has 0 aliphatic heterocycles. The van der Waals surface area contributed by atoms with E-state index in [1.165, 1.54) is 5.57 Å². The molecule has 0 heterocycles. The van der Waals surface area contributed by atoms with Gasteiger partial charge in [-0.05, 0) is 51.0 Å². The maximum Gasteiger partial charge on any atom is 0.174 e. The molecule has 3 N–H and O–H groups in total. The van der Waals surface area contributed by atoms with Gasteiger partial charge in [0.25, 0.3) is 0 Å². The first-order chi connectivity index (χ1) is 13.8. The van der Waals surface area contributed by atoms with Gasteiger partial charge in [0.2, 0.25) is 0 Å². The van der Waals surface area contributed by atoms with E-state index >= 15 is 0 Å². The molecule has 3 rings (SSSR count). The molecule has 0 spiro atoms. The van der Waals surface area contributed by atoms with Crippen LogP contribution in [0.25, 0.3) is 0 Å². The zero-order valence-corrected chi connectivity index (χ0v) is 17.1. The van der Waals surface area contributed by atoms with Gasteiger partial charge in [-0.25, -0.2) is 0 Å². The van der Waals surface area contributed by atoms with Crippen LogP contribution >= 0.6 is 0 Å². The Morgan fingerprint density at radius 3 is 2.28 bits per heavy atom. The third-order valence-corrected chi connectivity index (χ3v) is 5.78. The maximum atomic E-state index is 13.7. The first-order valence-electron chi connectivity index (χ1n) is 9.93. The highest BCUT2D eigenvalue weighted by Gasteiger charge is 2.40. The number of benzene rings is 2. The molecule has 2 aromatic rings. The van der Waals surface area contributed by atoms with Gasteiger partial charge in [0.1, 0.15) is 22.8 Å². The molecule has 4 heteroatoms. The van der Waals surface area contributed by atoms with Crippen LogP contribution in [0.1, 0.15) is 55.5 Å². The Hall–Kier alpha value is -3.01. The highest BCUT2D eigenvalue weighted by atomic mass is 16.3. The lowest BCUT2D eigenvalue weighted by molar-refractivity contribution is 0.0844. The first kappa shape index (κ1) is 20.7. The summed E-state index contributed by atoms with van der Waals surface area (Å²) in [5, 5.41) is 30.3. The second kappa shape index (κ2) is 8.56. The molecular formula is C25H28O4. The number of hydrogen-bond acceptors (Lipinski definition) is 4. The second-order valence-corrected chi connectivity index (χ2v) is 8.07. The van der Waals surface area contributed by atoms with Crippen molar-refractivity contribution >= 4 is 5.78 Å². The van der Waals surface area contributed by atoms with Crippen LogP contribution in [0.2, 0.25) is 0 Å². The highest BCUT2D eigenvalue weighted by Crippen LogP contribution is 2.46. The van der Waals surface area contributed by atoms with Crippen LogP contribution in [0.5, 0.6) is 17.2 Å². The summed E-state index contributed by atoms with van der Waals surface area (Å²) in [7, 11) is 0. The fourth-order valence-corrected chi connectivity index (χ4v) is 4.30. The van der Waals surface area contributed by atoms with Crippen LogP contribution in [0, 0.1) is 11.8 Å². The third kappa shape index (κ3) is 4.37. The van der Waals surface area contributed by atoms with Crippen LogP contribution in [0.4, 0.5) is 0 Å². The molecule has 0 saturated heterocycles. The Morgan fingerprint density at radius 1 is 1.07 bits per heavy atom. The van der Waals surface area contributed by atoms with Crippen LogP contribution < -0.4 is 0 Å². The van der Waals surface area contributed by atoms with E-state index in [1.54, 1.807) is 0 Å². The predicted octanol–water partition coefficient (Wildman–Crippen LogP) is 5.71. The quantitative estimate of drug-likeness (QED) is 0.450. The predicted molar refractivity (Wildman–Crippen MR) is 114 cm³/mol. The summed E-state index contributed by atoms with van der Waals surface area (Å²) >= 11 is 0. The van der Waals surface area contributed by atoms with E-state index in [9.17, 15) is 20.1 Å². The van der Waals surface area contributed by atoms with Crippen molar-refractivity contribution in [2.24, 2.45) is 11.8 Å². The normalized spacial score (nSPS) is 21.3. The fraction of sp³-hybridized carbons (Fsp3) is 0.320. The second-order valence-electron chi connectivity index (χ2n) is 8.07. The van der Waals surface area contributed by atoms with E-state index in [2.05, 4.69) is 12.2 Å². The lowest BCUT2D eigenvalue weighted by Crippen LogP contribution is -2.33. The topological polar surface area (TPSA) is 77.8 Å². The number of hydrogen-bond donors (Lipinski definition) is 3. The van der Waals surface area contributed by atoms with Gasteiger partial charge >= 0.3 is 0 Å². The minimum Gasteiger partial charge on any atom is -0.508 e. The Morgan fingerprint density at radius 2 is 1.69 bits per heavy atom. The van der Waals surface area contributed by atoms with Crippen molar-refractivity contribution in [3.63, 3.8) is 0 Å². The molecule has 0 aromatic heterocycles. The fourth-order valence-electron chi connectivity index (χ4n) is 4.30. The summed E-state index contributed by atoms with van der Waals surface area (Å²) in [5.74, 6) is -1.90. The van der Waals surface area contributed by atoms with Gasteiger partial charge in [0.15, 0.2) is 5.78 Å². The molecule has 152 valence electrons. The van der Waals surface area contributed by atoms with Crippen molar-refractivity contribution in [1.82, 2.24) is 0 Å². The lowest BCUT2D eigenvalue weighted by atomic mass is 9.65. The molecule has 1 aliphatic carbocycles. The molecular weight excluding hydrogens is 364 g/mol. The summed E-state index contributed by atoms with van der Waals surface area (Å²) in [6, 6.07) is 12.1. The molecule has 0 amide bonds. The monoisotopic (exact) mass is 392 g/mol. The SMILES string of the molecule is CC(C)=CC[C@@H]1C(C)=CC[C@@H](c2ccccc2)C1C(=O)c1c(O)cc(O)cc1O. The van der Waals surface area contributed by atoms with E-state index in [-0.39, 0.29) is 28.9 Å². The number of phenolic OH excluding ortho intramolecular Hbond substituents is 3. The zero-order chi connectivity index (χ0) is 21.1. The van der Waals surface area contributed by atoms with E-state index < -0.39 is 17.4 Å². The highest BCUT2D eigenvalue weighted by molar-refractivity contribution is 6.03. The van der Waals surface area contributed by atoms with E-state index in [4.69, 9.17) is 0 Å². The molecule has 0 saturated carbocycles. The molecule has 4 nitrogen and oxygen atoms in total. The molecule has 0 radical (unpaired) electrons. The Kier molecular flexibility index (Phi) is 6.12. The summed E-state index contributed by atoms with van der Waals surface area (Å²) in [6.45, 7) is 6.11. The van der Waals surface area contributed by atoms with Crippen molar-refractivity contribution in [2.45, 2.75) is 39.5 Å². The van der Waals surface area contributed by atoms with E-state index in [0.717, 1.165) is 29.7 Å². The standard InChI is InChI=1S/C25H28O4/c1-15(2)9-11-19-16(3)10-12-20(17-7-5-4-6-8-17)23(19)25(29)24-21(27)13-18(26)14-22(24)28/h4-10,13-14,19-20,23,26-28H,11-12H2,1-3H3/t19-,20+,23?/m1/s1. The van der Waals surface area contributed by atoms with Crippen molar-refractivity contribution in [1.29, 1.82) is 0 Å². The van der Waals surface area contributed by atoms with Crippen LogP contribution in [-0.2, 0) is 0 Å². The number of aromatic hydroxyl groups is 3. The van der Waals surface area contributed by atoms with Crippen molar-refractivity contribution in [3.05, 3.63) is 76.9 Å². The van der Waals surface area contributed by atoms with E-state index in [1.807, 2.05) is 51.1 Å². The van der Waals surface area contributed by atoms with Gasteiger partial charge in [0.05, 0.1) is 0 Å². The minimum absolute atomic E-state index is 0.0380. The summed E-state index contributed by atoms with van der Waals surface area (Å²) < 4.78 is 0. The molecule has 0 bridgehead atoms. The maximum absolute atomic E-state index is 13.7. The summed E-state index contributed by atoms with van der Waals surface area (Å²) in [4.78, 5) is 13.7. The molecule has 1 aliphatic rings. The van der Waals surface area contributed by atoms with Gasteiger partial charge in [-0.2, -0.15) is 0 Å². The van der Waals surface area contributed by atoms with Gasteiger partial charge in [-0.15, -0.1) is 0 Å². The Balaban J connectivity index is 2.12. The Labute approximate surface area is 171 Å². The smallest absolute Gasteiger partial charge is 0.174 e. The van der Waals surface area contributed by atoms with Gasteiger partial charge < -0.3 is 15.3 Å². The number of allylic oxidation sites excluding steroid dienone is 4. The van der Waals surface area contributed by atoms with E-state index in [0.29, 0.717) is 6.42 Å². The summed E-state index contributed by atoms with van der Waals surface area (Å²) in [6.07, 6.45) is 5.76. The number of Topliss-reactive ketones (excluding diaryl/α,β-unsaturated/α-hetero) is 1. The first-order valence-corrected chi connectivity index (χ1v) is 9.93. The van der Waals surface area contributed by atoms with Crippen molar-refractivity contribution in [2.75, 3.05) is 0 Å². The number of rotatable bonds is 5. The lowest BCUT2D eigenvalue weighted by Gasteiger charge is -2.37. The molecule has 3 atom stereocenters.